The Kier molecular flexibility index (Phi) is 5.59. The van der Waals surface area contributed by atoms with Crippen LogP contribution in [0.15, 0.2) is 6.07 Å². The number of aromatic nitrogens is 2. The van der Waals surface area contributed by atoms with Gasteiger partial charge in [-0.15, -0.1) is 0 Å². The normalized spacial score (nSPS) is 19.1. The summed E-state index contributed by atoms with van der Waals surface area (Å²) < 4.78 is 0. The van der Waals surface area contributed by atoms with Crippen LogP contribution in [-0.4, -0.2) is 41.3 Å². The molecule has 2 rings (SSSR count). The van der Waals surface area contributed by atoms with Crippen LogP contribution in [0.2, 0.25) is 0 Å². The van der Waals surface area contributed by atoms with E-state index in [9.17, 15) is 0 Å². The van der Waals surface area contributed by atoms with E-state index in [4.69, 9.17) is 5.11 Å². The highest BCUT2D eigenvalue weighted by atomic mass is 16.3. The number of nitrogens with zero attached hydrogens (tertiary/aromatic N) is 3. The Labute approximate surface area is 121 Å². The summed E-state index contributed by atoms with van der Waals surface area (Å²) >= 11 is 0. The first kappa shape index (κ1) is 15.0. The van der Waals surface area contributed by atoms with E-state index in [1.807, 2.05) is 13.0 Å². The summed E-state index contributed by atoms with van der Waals surface area (Å²) in [5, 5.41) is 12.4. The first-order valence-corrected chi connectivity index (χ1v) is 7.68. The molecule has 20 heavy (non-hydrogen) atoms. The summed E-state index contributed by atoms with van der Waals surface area (Å²) in [7, 11) is 0. The smallest absolute Gasteiger partial charge is 0.134 e. The first-order chi connectivity index (χ1) is 9.72. The molecule has 0 aromatic carbocycles. The van der Waals surface area contributed by atoms with Gasteiger partial charge < -0.3 is 15.3 Å². The van der Waals surface area contributed by atoms with E-state index in [0.29, 0.717) is 5.92 Å². The van der Waals surface area contributed by atoms with Crippen molar-refractivity contribution in [2.24, 2.45) is 5.92 Å². The highest BCUT2D eigenvalue weighted by Crippen LogP contribution is 2.25. The Morgan fingerprint density at radius 1 is 1.45 bits per heavy atom. The van der Waals surface area contributed by atoms with Crippen molar-refractivity contribution < 1.29 is 5.11 Å². The lowest BCUT2D eigenvalue weighted by atomic mass is 9.95. The highest BCUT2D eigenvalue weighted by molar-refractivity contribution is 5.49. The van der Waals surface area contributed by atoms with Gasteiger partial charge in [0.1, 0.15) is 17.5 Å². The lowest BCUT2D eigenvalue weighted by Crippen LogP contribution is -2.36. The summed E-state index contributed by atoms with van der Waals surface area (Å²) in [6, 6.07) is 2.05. The maximum atomic E-state index is 9.11. The number of piperidine rings is 1. The van der Waals surface area contributed by atoms with Gasteiger partial charge in [0.25, 0.3) is 0 Å². The summed E-state index contributed by atoms with van der Waals surface area (Å²) in [4.78, 5) is 11.3. The van der Waals surface area contributed by atoms with Crippen LogP contribution in [0.1, 0.15) is 38.4 Å². The Morgan fingerprint density at radius 2 is 2.30 bits per heavy atom. The summed E-state index contributed by atoms with van der Waals surface area (Å²) in [6.45, 7) is 7.34. The van der Waals surface area contributed by atoms with Crippen molar-refractivity contribution in [1.82, 2.24) is 9.97 Å². The third kappa shape index (κ3) is 4.07. The van der Waals surface area contributed by atoms with Crippen LogP contribution in [0, 0.1) is 12.8 Å². The van der Waals surface area contributed by atoms with Crippen LogP contribution < -0.4 is 10.2 Å². The van der Waals surface area contributed by atoms with E-state index in [2.05, 4.69) is 27.1 Å². The molecule has 1 unspecified atom stereocenters. The zero-order valence-corrected chi connectivity index (χ0v) is 12.6. The molecule has 1 aromatic heterocycles. The third-order valence-electron chi connectivity index (χ3n) is 3.76. The molecular formula is C15H26N4O. The van der Waals surface area contributed by atoms with E-state index in [-0.39, 0.29) is 6.61 Å². The maximum absolute atomic E-state index is 9.11. The number of aliphatic hydroxyl groups excluding tert-OH is 1. The minimum Gasteiger partial charge on any atom is -0.396 e. The molecule has 5 nitrogen and oxygen atoms in total. The van der Waals surface area contributed by atoms with Crippen molar-refractivity contribution in [1.29, 1.82) is 0 Å². The Hall–Kier alpha value is -1.36. The Balaban J connectivity index is 2.08. The average Bonchev–Trinajstić information content (AvgIpc) is 2.45. The third-order valence-corrected chi connectivity index (χ3v) is 3.76. The quantitative estimate of drug-likeness (QED) is 0.835. The van der Waals surface area contributed by atoms with Crippen LogP contribution in [-0.2, 0) is 0 Å². The predicted molar refractivity (Wildman–Crippen MR) is 82.2 cm³/mol. The second-order valence-electron chi connectivity index (χ2n) is 5.55. The van der Waals surface area contributed by atoms with Gasteiger partial charge >= 0.3 is 0 Å². The fourth-order valence-corrected chi connectivity index (χ4v) is 2.75. The van der Waals surface area contributed by atoms with Gasteiger partial charge in [-0.2, -0.15) is 0 Å². The summed E-state index contributed by atoms with van der Waals surface area (Å²) in [5.41, 5.74) is 0. The molecule has 2 N–H and O–H groups in total. The van der Waals surface area contributed by atoms with Gasteiger partial charge in [0.15, 0.2) is 0 Å². The van der Waals surface area contributed by atoms with Gasteiger partial charge in [0, 0.05) is 32.3 Å². The molecule has 5 heteroatoms. The fourth-order valence-electron chi connectivity index (χ4n) is 2.75. The van der Waals surface area contributed by atoms with Crippen molar-refractivity contribution in [3.63, 3.8) is 0 Å². The van der Waals surface area contributed by atoms with Crippen LogP contribution in [0.25, 0.3) is 0 Å². The first-order valence-electron chi connectivity index (χ1n) is 7.68. The SMILES string of the molecule is CCCNc1cc(N2CCCC(CCO)C2)nc(C)n1. The van der Waals surface area contributed by atoms with Gasteiger partial charge in [-0.1, -0.05) is 6.92 Å². The maximum Gasteiger partial charge on any atom is 0.134 e. The van der Waals surface area contributed by atoms with Crippen molar-refractivity contribution >= 4 is 11.6 Å². The number of hydrogen-bond donors (Lipinski definition) is 2. The number of anilines is 2. The largest absolute Gasteiger partial charge is 0.396 e. The van der Waals surface area contributed by atoms with Crippen molar-refractivity contribution in [2.45, 2.75) is 39.5 Å². The lowest BCUT2D eigenvalue weighted by Gasteiger charge is -2.33. The van der Waals surface area contributed by atoms with E-state index >= 15 is 0 Å². The van der Waals surface area contributed by atoms with Crippen molar-refractivity contribution in [3.05, 3.63) is 11.9 Å². The van der Waals surface area contributed by atoms with E-state index < -0.39 is 0 Å². The molecule has 1 atom stereocenters. The molecule has 0 aliphatic carbocycles. The average molecular weight is 278 g/mol. The predicted octanol–water partition coefficient (Wildman–Crippen LogP) is 2.21. The highest BCUT2D eigenvalue weighted by Gasteiger charge is 2.21. The molecule has 0 radical (unpaired) electrons. The molecule has 1 aromatic rings. The minimum atomic E-state index is 0.282. The molecule has 112 valence electrons. The molecule has 0 amide bonds. The van der Waals surface area contributed by atoms with E-state index in [1.165, 1.54) is 12.8 Å². The zero-order chi connectivity index (χ0) is 14.4. The molecule has 1 saturated heterocycles. The van der Waals surface area contributed by atoms with Crippen LogP contribution in [0.4, 0.5) is 11.6 Å². The van der Waals surface area contributed by atoms with Crippen molar-refractivity contribution in [3.8, 4) is 0 Å². The topological polar surface area (TPSA) is 61.3 Å². The molecule has 0 bridgehead atoms. The molecular weight excluding hydrogens is 252 g/mol. The monoisotopic (exact) mass is 278 g/mol. The molecule has 0 spiro atoms. The number of nitrogens with one attached hydrogen (secondary N) is 1. The zero-order valence-electron chi connectivity index (χ0n) is 12.6. The van der Waals surface area contributed by atoms with Crippen LogP contribution in [0.5, 0.6) is 0 Å². The molecule has 2 heterocycles. The van der Waals surface area contributed by atoms with Crippen LogP contribution >= 0.6 is 0 Å². The van der Waals surface area contributed by atoms with Gasteiger partial charge in [0.2, 0.25) is 0 Å². The molecule has 1 fully saturated rings. The molecule has 1 aliphatic heterocycles. The van der Waals surface area contributed by atoms with E-state index in [0.717, 1.165) is 49.9 Å². The van der Waals surface area contributed by atoms with Gasteiger partial charge in [-0.3, -0.25) is 0 Å². The second-order valence-corrected chi connectivity index (χ2v) is 5.55. The lowest BCUT2D eigenvalue weighted by molar-refractivity contribution is 0.244. The van der Waals surface area contributed by atoms with Gasteiger partial charge in [-0.05, 0) is 38.5 Å². The van der Waals surface area contributed by atoms with Gasteiger partial charge in [-0.25, -0.2) is 9.97 Å². The van der Waals surface area contributed by atoms with E-state index in [1.54, 1.807) is 0 Å². The number of hydrogen-bond acceptors (Lipinski definition) is 5. The van der Waals surface area contributed by atoms with Gasteiger partial charge in [0.05, 0.1) is 0 Å². The standard InChI is InChI=1S/C15H26N4O/c1-3-7-16-14-10-15(18-12(2)17-14)19-8-4-5-13(11-19)6-9-20/h10,13,20H,3-9,11H2,1-2H3,(H,16,17,18). The Morgan fingerprint density at radius 3 is 3.05 bits per heavy atom. The van der Waals surface area contributed by atoms with Crippen LogP contribution in [0.3, 0.4) is 0 Å². The summed E-state index contributed by atoms with van der Waals surface area (Å²) in [5.74, 6) is 3.32. The number of aryl methyl sites for hydroxylation is 1. The Bertz CT molecular complexity index is 422. The summed E-state index contributed by atoms with van der Waals surface area (Å²) in [6.07, 6.45) is 4.36. The number of rotatable bonds is 6. The molecule has 0 saturated carbocycles. The van der Waals surface area contributed by atoms with Crippen molar-refractivity contribution in [2.75, 3.05) is 36.5 Å². The molecule has 1 aliphatic rings. The number of aliphatic hydroxyl groups is 1. The second kappa shape index (κ2) is 7.43. The minimum absolute atomic E-state index is 0.282. The fraction of sp³-hybridized carbons (Fsp3) is 0.733.